The van der Waals surface area contributed by atoms with Crippen molar-refractivity contribution in [3.8, 4) is 5.75 Å². The maximum absolute atomic E-state index is 12.8. The lowest BCUT2D eigenvalue weighted by Crippen LogP contribution is -3.15. The van der Waals surface area contributed by atoms with Crippen molar-refractivity contribution in [2.24, 2.45) is 0 Å². The lowest BCUT2D eigenvalue weighted by molar-refractivity contribution is -0.895. The maximum atomic E-state index is 12.8. The summed E-state index contributed by atoms with van der Waals surface area (Å²) in [5, 5.41) is 9.51. The van der Waals surface area contributed by atoms with E-state index in [9.17, 15) is 18.3 Å². The number of quaternary nitrogens is 1. The van der Waals surface area contributed by atoms with Gasteiger partial charge in [0.1, 0.15) is 5.75 Å². The molecule has 1 heterocycles. The quantitative estimate of drug-likeness (QED) is 0.458. The number of rotatable bonds is 7. The van der Waals surface area contributed by atoms with Gasteiger partial charge in [-0.15, -0.1) is 0 Å². The number of phenols is 1. The predicted octanol–water partition coefficient (Wildman–Crippen LogP) is -0.118. The first-order valence-corrected chi connectivity index (χ1v) is 11.1. The standard InChI is InChI=1S/C21H26N4O4S/c1-16-6-8-20(9-7-16)30(28,29)25-12-10-24(11-13-25)15-21(27)23-22-17(2)18-4-3-5-19(26)14-18/h3-9,14,22,26H,2,10-13,15H2,1H3,(H,23,27)/p+1. The third kappa shape index (κ3) is 5.38. The molecule has 9 heteroatoms. The van der Waals surface area contributed by atoms with Crippen LogP contribution in [-0.2, 0) is 14.8 Å². The minimum atomic E-state index is -3.51. The van der Waals surface area contributed by atoms with Crippen molar-refractivity contribution in [1.29, 1.82) is 0 Å². The van der Waals surface area contributed by atoms with Crippen LogP contribution in [0.2, 0.25) is 0 Å². The minimum Gasteiger partial charge on any atom is -0.508 e. The van der Waals surface area contributed by atoms with Crippen LogP contribution in [0.1, 0.15) is 11.1 Å². The van der Waals surface area contributed by atoms with E-state index in [-0.39, 0.29) is 18.2 Å². The molecular formula is C21H27N4O4S+. The Labute approximate surface area is 176 Å². The summed E-state index contributed by atoms with van der Waals surface area (Å²) in [5.74, 6) is -0.106. The van der Waals surface area contributed by atoms with Gasteiger partial charge in [-0.25, -0.2) is 8.42 Å². The summed E-state index contributed by atoms with van der Waals surface area (Å²) in [4.78, 5) is 13.5. The highest BCUT2D eigenvalue weighted by Gasteiger charge is 2.31. The second-order valence-electron chi connectivity index (χ2n) is 7.35. The Kier molecular flexibility index (Phi) is 6.76. The van der Waals surface area contributed by atoms with E-state index >= 15 is 0 Å². The molecule has 3 rings (SSSR count). The molecule has 160 valence electrons. The number of carbonyl (C=O) groups is 1. The van der Waals surface area contributed by atoms with Crippen LogP contribution >= 0.6 is 0 Å². The van der Waals surface area contributed by atoms with Gasteiger partial charge in [0.15, 0.2) is 6.54 Å². The summed E-state index contributed by atoms with van der Waals surface area (Å²) >= 11 is 0. The SMILES string of the molecule is C=C(NNC(=O)C[NH+]1CCN(S(=O)(=O)c2ccc(C)cc2)CC1)c1cccc(O)c1. The van der Waals surface area contributed by atoms with E-state index in [1.807, 2.05) is 6.92 Å². The second-order valence-corrected chi connectivity index (χ2v) is 9.28. The first-order valence-electron chi connectivity index (χ1n) is 9.69. The molecule has 0 atom stereocenters. The first kappa shape index (κ1) is 21.8. The number of benzene rings is 2. The van der Waals surface area contributed by atoms with Gasteiger partial charge in [-0.3, -0.25) is 15.6 Å². The van der Waals surface area contributed by atoms with E-state index in [0.29, 0.717) is 42.3 Å². The Morgan fingerprint density at radius 1 is 1.13 bits per heavy atom. The number of hydrogen-bond acceptors (Lipinski definition) is 5. The fourth-order valence-corrected chi connectivity index (χ4v) is 4.70. The monoisotopic (exact) mass is 431 g/mol. The number of carbonyl (C=O) groups excluding carboxylic acids is 1. The predicted molar refractivity (Wildman–Crippen MR) is 114 cm³/mol. The molecule has 2 aromatic rings. The van der Waals surface area contributed by atoms with Gasteiger partial charge in [0.2, 0.25) is 10.0 Å². The molecule has 0 radical (unpaired) electrons. The number of amides is 1. The molecule has 0 saturated carbocycles. The normalized spacial score (nSPS) is 15.5. The summed E-state index contributed by atoms with van der Waals surface area (Å²) < 4.78 is 27.0. The van der Waals surface area contributed by atoms with E-state index in [0.717, 1.165) is 10.5 Å². The highest BCUT2D eigenvalue weighted by Crippen LogP contribution is 2.16. The van der Waals surface area contributed by atoms with Crippen molar-refractivity contribution in [3.63, 3.8) is 0 Å². The summed E-state index contributed by atoms with van der Waals surface area (Å²) in [6.07, 6.45) is 0. The fraction of sp³-hybridized carbons (Fsp3) is 0.286. The number of piperazine rings is 1. The van der Waals surface area contributed by atoms with E-state index < -0.39 is 10.0 Å². The van der Waals surface area contributed by atoms with Crippen molar-refractivity contribution in [1.82, 2.24) is 15.2 Å². The number of hydrogen-bond donors (Lipinski definition) is 4. The van der Waals surface area contributed by atoms with E-state index in [1.165, 1.54) is 4.31 Å². The Balaban J connectivity index is 1.46. The molecule has 1 amide bonds. The van der Waals surface area contributed by atoms with E-state index in [2.05, 4.69) is 17.4 Å². The lowest BCUT2D eigenvalue weighted by Gasteiger charge is -2.31. The molecule has 8 nitrogen and oxygen atoms in total. The summed E-state index contributed by atoms with van der Waals surface area (Å²) in [6.45, 7) is 7.80. The third-order valence-corrected chi connectivity index (χ3v) is 6.96. The van der Waals surface area contributed by atoms with Gasteiger partial charge >= 0.3 is 0 Å². The minimum absolute atomic E-state index is 0.115. The molecular weight excluding hydrogens is 404 g/mol. The Hall–Kier alpha value is -2.88. The zero-order valence-corrected chi connectivity index (χ0v) is 17.7. The Morgan fingerprint density at radius 3 is 2.43 bits per heavy atom. The highest BCUT2D eigenvalue weighted by atomic mass is 32.2. The molecule has 0 bridgehead atoms. The molecule has 2 aromatic carbocycles. The van der Waals surface area contributed by atoms with Crippen molar-refractivity contribution in [3.05, 3.63) is 66.2 Å². The molecule has 0 aliphatic carbocycles. The van der Waals surface area contributed by atoms with Crippen molar-refractivity contribution < 1.29 is 23.2 Å². The van der Waals surface area contributed by atoms with Crippen LogP contribution in [0, 0.1) is 6.92 Å². The molecule has 1 aliphatic heterocycles. The number of phenolic OH excluding ortho intramolecular Hbond substituents is 1. The van der Waals surface area contributed by atoms with Crippen LogP contribution in [0.4, 0.5) is 0 Å². The average molecular weight is 432 g/mol. The number of aromatic hydroxyl groups is 1. The van der Waals surface area contributed by atoms with Crippen LogP contribution in [0.15, 0.2) is 60.0 Å². The molecule has 0 spiro atoms. The topological polar surface area (TPSA) is 103 Å². The molecule has 0 aromatic heterocycles. The molecule has 30 heavy (non-hydrogen) atoms. The van der Waals surface area contributed by atoms with Gasteiger partial charge in [0, 0.05) is 5.56 Å². The lowest BCUT2D eigenvalue weighted by atomic mass is 10.2. The van der Waals surface area contributed by atoms with Crippen LogP contribution in [0.3, 0.4) is 0 Å². The molecule has 1 aliphatic rings. The van der Waals surface area contributed by atoms with Crippen LogP contribution in [0.5, 0.6) is 5.75 Å². The maximum Gasteiger partial charge on any atom is 0.293 e. The summed E-state index contributed by atoms with van der Waals surface area (Å²) in [5.41, 5.74) is 7.48. The van der Waals surface area contributed by atoms with E-state index in [1.54, 1.807) is 48.5 Å². The number of nitrogens with zero attached hydrogens (tertiary/aromatic N) is 1. The zero-order chi connectivity index (χ0) is 21.7. The third-order valence-electron chi connectivity index (χ3n) is 5.05. The summed E-state index contributed by atoms with van der Waals surface area (Å²) in [7, 11) is -3.51. The number of hydrazine groups is 1. The van der Waals surface area contributed by atoms with Gasteiger partial charge in [-0.2, -0.15) is 4.31 Å². The molecule has 4 N–H and O–H groups in total. The van der Waals surface area contributed by atoms with Gasteiger partial charge in [-0.1, -0.05) is 36.4 Å². The first-order chi connectivity index (χ1) is 14.3. The van der Waals surface area contributed by atoms with Gasteiger partial charge < -0.3 is 10.0 Å². The number of sulfonamides is 1. The van der Waals surface area contributed by atoms with Gasteiger partial charge in [0.25, 0.3) is 5.91 Å². The Morgan fingerprint density at radius 2 is 1.80 bits per heavy atom. The van der Waals surface area contributed by atoms with Crippen LogP contribution < -0.4 is 15.8 Å². The van der Waals surface area contributed by atoms with Gasteiger partial charge in [0.05, 0.1) is 36.8 Å². The van der Waals surface area contributed by atoms with Crippen molar-refractivity contribution in [2.75, 3.05) is 32.7 Å². The van der Waals surface area contributed by atoms with Crippen molar-refractivity contribution in [2.45, 2.75) is 11.8 Å². The molecule has 1 fully saturated rings. The van der Waals surface area contributed by atoms with Gasteiger partial charge in [-0.05, 0) is 31.2 Å². The molecule has 0 unspecified atom stereocenters. The second kappa shape index (κ2) is 9.29. The fourth-order valence-electron chi connectivity index (χ4n) is 3.26. The number of aryl methyl sites for hydroxylation is 1. The molecule has 1 saturated heterocycles. The zero-order valence-electron chi connectivity index (χ0n) is 16.9. The average Bonchev–Trinajstić information content (AvgIpc) is 2.73. The largest absolute Gasteiger partial charge is 0.508 e. The smallest absolute Gasteiger partial charge is 0.293 e. The highest BCUT2D eigenvalue weighted by molar-refractivity contribution is 7.89. The summed E-state index contributed by atoms with van der Waals surface area (Å²) in [6, 6.07) is 13.4. The van der Waals surface area contributed by atoms with Crippen LogP contribution in [-0.4, -0.2) is 56.5 Å². The van der Waals surface area contributed by atoms with E-state index in [4.69, 9.17) is 0 Å². The number of nitrogens with one attached hydrogen (secondary N) is 3. The van der Waals surface area contributed by atoms with Crippen LogP contribution in [0.25, 0.3) is 5.70 Å². The Bertz CT molecular complexity index is 1010. The van der Waals surface area contributed by atoms with Crippen molar-refractivity contribution >= 4 is 21.6 Å².